The van der Waals surface area contributed by atoms with E-state index in [4.69, 9.17) is 9.72 Å². The largest absolute Gasteiger partial charge is 0.457 e. The highest BCUT2D eigenvalue weighted by Gasteiger charge is 2.27. The van der Waals surface area contributed by atoms with Crippen molar-refractivity contribution < 1.29 is 4.74 Å². The van der Waals surface area contributed by atoms with Crippen LogP contribution < -0.4 is 4.74 Å². The molecule has 0 radical (unpaired) electrons. The highest BCUT2D eigenvalue weighted by atomic mass is 16.5. The minimum Gasteiger partial charge on any atom is -0.457 e. The number of benzene rings is 2. The van der Waals surface area contributed by atoms with E-state index >= 15 is 0 Å². The molecule has 5 rings (SSSR count). The molecule has 1 aliphatic heterocycles. The van der Waals surface area contributed by atoms with Gasteiger partial charge in [-0.15, -0.1) is 0 Å². The van der Waals surface area contributed by atoms with Crippen LogP contribution in [-0.4, -0.2) is 33.7 Å². The van der Waals surface area contributed by atoms with Crippen molar-refractivity contribution in [3.05, 3.63) is 79.0 Å². The minimum absolute atomic E-state index is 0.351. The standard InChI is InChI=1S/C22H21BN4O/c23-27-13-4-7-19(27)22-25-21(20-15-24-12-14-26(20)22)16-8-10-18(11-9-16)28-17-5-2-1-3-6-17/h1-3,5-6,8-12,14-15,19H,4,7,13,23H2. The highest BCUT2D eigenvalue weighted by Crippen LogP contribution is 2.34. The summed E-state index contributed by atoms with van der Waals surface area (Å²) in [6, 6.07) is 18.3. The summed E-state index contributed by atoms with van der Waals surface area (Å²) in [7, 11) is 2.18. The van der Waals surface area contributed by atoms with Crippen LogP contribution in [0.1, 0.15) is 24.7 Å². The van der Waals surface area contributed by atoms with Crippen LogP contribution in [0.5, 0.6) is 11.5 Å². The molecule has 1 aliphatic rings. The molecule has 2 aromatic heterocycles. The Morgan fingerprint density at radius 1 is 1.00 bits per heavy atom. The van der Waals surface area contributed by atoms with E-state index in [1.165, 1.54) is 6.42 Å². The van der Waals surface area contributed by atoms with Crippen LogP contribution in [0.15, 0.2) is 73.2 Å². The summed E-state index contributed by atoms with van der Waals surface area (Å²) in [6.07, 6.45) is 8.09. The number of nitrogens with zero attached hydrogens (tertiary/aromatic N) is 4. The Labute approximate surface area is 165 Å². The van der Waals surface area contributed by atoms with E-state index in [1.807, 2.05) is 61.1 Å². The van der Waals surface area contributed by atoms with Gasteiger partial charge in [0.15, 0.2) is 7.98 Å². The first-order chi connectivity index (χ1) is 13.8. The molecule has 4 aromatic rings. The van der Waals surface area contributed by atoms with Crippen molar-refractivity contribution in [2.75, 3.05) is 6.54 Å². The van der Waals surface area contributed by atoms with Crippen LogP contribution in [0, 0.1) is 0 Å². The van der Waals surface area contributed by atoms with Crippen molar-refractivity contribution in [2.45, 2.75) is 18.9 Å². The number of hydrogen-bond acceptors (Lipinski definition) is 4. The molecule has 1 atom stereocenters. The van der Waals surface area contributed by atoms with E-state index in [-0.39, 0.29) is 0 Å². The Kier molecular flexibility index (Phi) is 4.33. The first kappa shape index (κ1) is 17.0. The van der Waals surface area contributed by atoms with Gasteiger partial charge in [0.05, 0.1) is 23.4 Å². The molecule has 1 fully saturated rings. The van der Waals surface area contributed by atoms with E-state index in [0.29, 0.717) is 6.04 Å². The minimum atomic E-state index is 0.351. The summed E-state index contributed by atoms with van der Waals surface area (Å²) in [6.45, 7) is 1.12. The molecule has 0 bridgehead atoms. The molecule has 2 aromatic carbocycles. The second-order valence-corrected chi connectivity index (χ2v) is 7.23. The zero-order chi connectivity index (χ0) is 18.9. The zero-order valence-electron chi connectivity index (χ0n) is 15.8. The first-order valence-corrected chi connectivity index (χ1v) is 9.65. The quantitative estimate of drug-likeness (QED) is 0.513. The fourth-order valence-corrected chi connectivity index (χ4v) is 3.95. The van der Waals surface area contributed by atoms with Crippen LogP contribution in [-0.2, 0) is 0 Å². The number of para-hydroxylation sites is 1. The number of ether oxygens (including phenoxy) is 1. The zero-order valence-corrected chi connectivity index (χ0v) is 15.8. The molecule has 0 saturated carbocycles. The Hall–Kier alpha value is -3.12. The Balaban J connectivity index is 1.51. The van der Waals surface area contributed by atoms with Gasteiger partial charge in [0.2, 0.25) is 0 Å². The van der Waals surface area contributed by atoms with E-state index in [2.05, 4.69) is 34.3 Å². The SMILES string of the molecule is BN1CCCC1c1nc(-c2ccc(Oc3ccccc3)cc2)c2cnccn12. The van der Waals surface area contributed by atoms with Gasteiger partial charge in [-0.25, -0.2) is 4.98 Å². The molecule has 5 nitrogen and oxygen atoms in total. The van der Waals surface area contributed by atoms with Gasteiger partial charge in [0, 0.05) is 18.0 Å². The lowest BCUT2D eigenvalue weighted by atomic mass is 10.1. The van der Waals surface area contributed by atoms with Crippen molar-refractivity contribution in [3.8, 4) is 22.8 Å². The second-order valence-electron chi connectivity index (χ2n) is 7.23. The third-order valence-electron chi connectivity index (χ3n) is 5.40. The molecule has 1 saturated heterocycles. The van der Waals surface area contributed by atoms with E-state index in [9.17, 15) is 0 Å². The Bertz CT molecular complexity index is 1090. The molecular weight excluding hydrogens is 347 g/mol. The van der Waals surface area contributed by atoms with Crippen LogP contribution in [0.2, 0.25) is 0 Å². The summed E-state index contributed by atoms with van der Waals surface area (Å²) >= 11 is 0. The predicted octanol–water partition coefficient (Wildman–Crippen LogP) is 3.87. The summed E-state index contributed by atoms with van der Waals surface area (Å²) < 4.78 is 8.10. The van der Waals surface area contributed by atoms with Crippen LogP contribution in [0.25, 0.3) is 16.8 Å². The molecule has 0 N–H and O–H groups in total. The van der Waals surface area contributed by atoms with Crippen molar-refractivity contribution >= 4 is 13.5 Å². The van der Waals surface area contributed by atoms with Gasteiger partial charge in [-0.05, 0) is 55.8 Å². The van der Waals surface area contributed by atoms with Crippen molar-refractivity contribution in [2.24, 2.45) is 0 Å². The summed E-state index contributed by atoms with van der Waals surface area (Å²) in [5, 5.41) is 0. The van der Waals surface area contributed by atoms with Gasteiger partial charge in [-0.1, -0.05) is 18.2 Å². The van der Waals surface area contributed by atoms with Crippen molar-refractivity contribution in [1.29, 1.82) is 0 Å². The van der Waals surface area contributed by atoms with E-state index < -0.39 is 0 Å². The molecule has 3 heterocycles. The molecule has 6 heteroatoms. The average molecular weight is 368 g/mol. The molecular formula is C22H21BN4O. The lowest BCUT2D eigenvalue weighted by molar-refractivity contribution is 0.415. The Morgan fingerprint density at radius 3 is 2.54 bits per heavy atom. The third kappa shape index (κ3) is 3.06. The van der Waals surface area contributed by atoms with E-state index in [0.717, 1.165) is 47.1 Å². The lowest BCUT2D eigenvalue weighted by Crippen LogP contribution is -2.21. The van der Waals surface area contributed by atoms with Gasteiger partial charge in [0.25, 0.3) is 0 Å². The van der Waals surface area contributed by atoms with Gasteiger partial charge in [0.1, 0.15) is 17.3 Å². The monoisotopic (exact) mass is 368 g/mol. The lowest BCUT2D eigenvalue weighted by Gasteiger charge is -2.18. The number of rotatable bonds is 4. The summed E-state index contributed by atoms with van der Waals surface area (Å²) in [5.41, 5.74) is 3.07. The topological polar surface area (TPSA) is 42.7 Å². The fourth-order valence-electron chi connectivity index (χ4n) is 3.95. The van der Waals surface area contributed by atoms with Gasteiger partial charge >= 0.3 is 0 Å². The maximum Gasteiger partial charge on any atom is 0.186 e. The maximum absolute atomic E-state index is 5.91. The summed E-state index contributed by atoms with van der Waals surface area (Å²) in [5.74, 6) is 2.74. The smallest absolute Gasteiger partial charge is 0.186 e. The van der Waals surface area contributed by atoms with Crippen molar-refractivity contribution in [3.63, 3.8) is 0 Å². The third-order valence-corrected chi connectivity index (χ3v) is 5.40. The van der Waals surface area contributed by atoms with Crippen molar-refractivity contribution in [1.82, 2.24) is 19.2 Å². The second kappa shape index (κ2) is 7.13. The normalized spacial score (nSPS) is 17.2. The van der Waals surface area contributed by atoms with Crippen LogP contribution in [0.4, 0.5) is 0 Å². The number of fused-ring (bicyclic) bond motifs is 1. The van der Waals surface area contributed by atoms with E-state index in [1.54, 1.807) is 0 Å². The Morgan fingerprint density at radius 2 is 1.79 bits per heavy atom. The predicted molar refractivity (Wildman–Crippen MR) is 112 cm³/mol. The molecule has 138 valence electrons. The van der Waals surface area contributed by atoms with Gasteiger partial charge < -0.3 is 9.55 Å². The molecule has 1 unspecified atom stereocenters. The molecule has 0 amide bonds. The van der Waals surface area contributed by atoms with Crippen LogP contribution >= 0.6 is 0 Å². The first-order valence-electron chi connectivity index (χ1n) is 9.65. The number of aromatic nitrogens is 3. The molecule has 0 spiro atoms. The highest BCUT2D eigenvalue weighted by molar-refractivity contribution is 6.04. The number of hydrogen-bond donors (Lipinski definition) is 0. The molecule has 0 aliphatic carbocycles. The maximum atomic E-state index is 5.91. The number of imidazole rings is 1. The summed E-state index contributed by atoms with van der Waals surface area (Å²) in [4.78, 5) is 11.8. The van der Waals surface area contributed by atoms with Gasteiger partial charge in [-0.2, -0.15) is 0 Å². The fraction of sp³-hybridized carbons (Fsp3) is 0.182. The van der Waals surface area contributed by atoms with Crippen LogP contribution in [0.3, 0.4) is 0 Å². The average Bonchev–Trinajstić information content (AvgIpc) is 3.33. The molecule has 28 heavy (non-hydrogen) atoms. The van der Waals surface area contributed by atoms with Gasteiger partial charge in [-0.3, -0.25) is 9.38 Å².